The molecule has 1 aromatic heterocycles. The number of hydrogen-bond acceptors (Lipinski definition) is 6. The number of nitrogens with zero attached hydrogens (tertiary/aromatic N) is 2. The Labute approximate surface area is 161 Å². The molecular formula is C20H21N3O5. The van der Waals surface area contributed by atoms with Crippen LogP contribution in [0.3, 0.4) is 0 Å². The topological polar surface area (TPSA) is 95.6 Å². The second kappa shape index (κ2) is 8.43. The lowest BCUT2D eigenvalue weighted by Gasteiger charge is -2.10. The van der Waals surface area contributed by atoms with Crippen LogP contribution in [0.5, 0.6) is 11.5 Å². The molecule has 28 heavy (non-hydrogen) atoms. The summed E-state index contributed by atoms with van der Waals surface area (Å²) in [6.07, 6.45) is 0. The third-order valence-corrected chi connectivity index (χ3v) is 4.24. The van der Waals surface area contributed by atoms with Crippen molar-refractivity contribution in [1.29, 1.82) is 0 Å². The molecule has 8 heteroatoms. The zero-order valence-corrected chi connectivity index (χ0v) is 15.9. The summed E-state index contributed by atoms with van der Waals surface area (Å²) in [5.41, 5.74) is 2.68. The number of carbonyl (C=O) groups excluding carboxylic acids is 1. The van der Waals surface area contributed by atoms with Gasteiger partial charge in [-0.05, 0) is 30.7 Å². The van der Waals surface area contributed by atoms with Gasteiger partial charge in [-0.15, -0.1) is 0 Å². The van der Waals surface area contributed by atoms with Crippen molar-refractivity contribution in [3.63, 3.8) is 0 Å². The van der Waals surface area contributed by atoms with Gasteiger partial charge in [0.05, 0.1) is 14.2 Å². The van der Waals surface area contributed by atoms with Gasteiger partial charge in [0.25, 0.3) is 0 Å². The number of nitrogens with one attached hydrogen (secondary N) is 1. The van der Waals surface area contributed by atoms with Gasteiger partial charge in [-0.2, -0.15) is 0 Å². The van der Waals surface area contributed by atoms with Crippen LogP contribution in [0, 0.1) is 6.92 Å². The van der Waals surface area contributed by atoms with Gasteiger partial charge >= 0.3 is 5.76 Å². The van der Waals surface area contributed by atoms with Crippen LogP contribution < -0.4 is 20.5 Å². The summed E-state index contributed by atoms with van der Waals surface area (Å²) in [7, 11) is 3.04. The second-order valence-electron chi connectivity index (χ2n) is 6.19. The van der Waals surface area contributed by atoms with Crippen molar-refractivity contribution in [3.8, 4) is 22.9 Å². The number of rotatable bonds is 7. The first-order valence-electron chi connectivity index (χ1n) is 8.63. The SMILES string of the molecule is COc1ccc(-c2noc(=O)n2CC(=O)NCc2ccc(C)cc2)cc1OC. The molecule has 2 aromatic carbocycles. The molecule has 0 unspecified atom stereocenters. The highest BCUT2D eigenvalue weighted by Gasteiger charge is 2.17. The number of aryl methyl sites for hydroxylation is 1. The van der Waals surface area contributed by atoms with Gasteiger partial charge in [0.1, 0.15) is 6.54 Å². The highest BCUT2D eigenvalue weighted by molar-refractivity contribution is 5.76. The van der Waals surface area contributed by atoms with Gasteiger partial charge in [0.2, 0.25) is 5.91 Å². The van der Waals surface area contributed by atoms with Gasteiger partial charge in [-0.1, -0.05) is 35.0 Å². The maximum atomic E-state index is 12.3. The number of aromatic nitrogens is 2. The van der Waals surface area contributed by atoms with Crippen LogP contribution in [0.1, 0.15) is 11.1 Å². The first kappa shape index (κ1) is 19.2. The van der Waals surface area contributed by atoms with E-state index < -0.39 is 5.76 Å². The monoisotopic (exact) mass is 383 g/mol. The number of carbonyl (C=O) groups is 1. The Morgan fingerprint density at radius 2 is 1.82 bits per heavy atom. The van der Waals surface area contributed by atoms with E-state index >= 15 is 0 Å². The second-order valence-corrected chi connectivity index (χ2v) is 6.19. The summed E-state index contributed by atoms with van der Waals surface area (Å²) in [6.45, 7) is 2.15. The van der Waals surface area contributed by atoms with E-state index in [9.17, 15) is 9.59 Å². The third kappa shape index (κ3) is 4.22. The van der Waals surface area contributed by atoms with Crippen LogP contribution in [0.4, 0.5) is 0 Å². The van der Waals surface area contributed by atoms with Crippen molar-refractivity contribution in [2.24, 2.45) is 0 Å². The number of methoxy groups -OCH3 is 2. The van der Waals surface area contributed by atoms with Crippen molar-refractivity contribution in [3.05, 3.63) is 64.1 Å². The smallest absolute Gasteiger partial charge is 0.442 e. The minimum Gasteiger partial charge on any atom is -0.493 e. The molecule has 1 amide bonds. The lowest BCUT2D eigenvalue weighted by atomic mass is 10.1. The van der Waals surface area contributed by atoms with E-state index in [-0.39, 0.29) is 18.3 Å². The summed E-state index contributed by atoms with van der Waals surface area (Å²) in [4.78, 5) is 24.4. The molecule has 8 nitrogen and oxygen atoms in total. The molecular weight excluding hydrogens is 362 g/mol. The highest BCUT2D eigenvalue weighted by atomic mass is 16.5. The van der Waals surface area contributed by atoms with Crippen molar-refractivity contribution < 1.29 is 18.8 Å². The molecule has 3 aromatic rings. The molecule has 0 atom stereocenters. The van der Waals surface area contributed by atoms with Crippen molar-refractivity contribution in [1.82, 2.24) is 15.0 Å². The molecule has 1 N–H and O–H groups in total. The zero-order chi connectivity index (χ0) is 20.1. The molecule has 0 saturated heterocycles. The fourth-order valence-corrected chi connectivity index (χ4v) is 2.70. The minimum absolute atomic E-state index is 0.210. The first-order chi connectivity index (χ1) is 13.5. The van der Waals surface area contributed by atoms with Crippen LogP contribution in [0.2, 0.25) is 0 Å². The fraction of sp³-hybridized carbons (Fsp3) is 0.250. The maximum absolute atomic E-state index is 12.3. The fourth-order valence-electron chi connectivity index (χ4n) is 2.70. The lowest BCUT2D eigenvalue weighted by Crippen LogP contribution is -2.30. The molecule has 0 spiro atoms. The van der Waals surface area contributed by atoms with E-state index in [4.69, 9.17) is 14.0 Å². The molecule has 0 radical (unpaired) electrons. The van der Waals surface area contributed by atoms with E-state index in [1.807, 2.05) is 31.2 Å². The molecule has 0 bridgehead atoms. The summed E-state index contributed by atoms with van der Waals surface area (Å²) >= 11 is 0. The molecule has 0 aliphatic carbocycles. The van der Waals surface area contributed by atoms with Gasteiger partial charge in [-0.3, -0.25) is 9.32 Å². The molecule has 0 aliphatic heterocycles. The largest absolute Gasteiger partial charge is 0.493 e. The standard InChI is InChI=1S/C20H21N3O5/c1-13-4-6-14(7-5-13)11-21-18(24)12-23-19(22-28-20(23)25)15-8-9-16(26-2)17(10-15)27-3/h4-10H,11-12H2,1-3H3,(H,21,24). The first-order valence-corrected chi connectivity index (χ1v) is 8.63. The predicted molar refractivity (Wildman–Crippen MR) is 102 cm³/mol. The Bertz CT molecular complexity index is 1020. The Hall–Kier alpha value is -3.55. The van der Waals surface area contributed by atoms with Crippen LogP contribution in [-0.2, 0) is 17.9 Å². The minimum atomic E-state index is -0.713. The summed E-state index contributed by atoms with van der Waals surface area (Å²) in [6, 6.07) is 12.9. The Morgan fingerprint density at radius 3 is 2.50 bits per heavy atom. The van der Waals surface area contributed by atoms with Crippen molar-refractivity contribution >= 4 is 5.91 Å². The zero-order valence-electron chi connectivity index (χ0n) is 15.9. The quantitative estimate of drug-likeness (QED) is 0.672. The molecule has 146 valence electrons. The third-order valence-electron chi connectivity index (χ3n) is 4.24. The summed E-state index contributed by atoms with van der Waals surface area (Å²) in [5.74, 6) is 0.213. The van der Waals surface area contributed by atoms with Crippen LogP contribution in [0.15, 0.2) is 51.8 Å². The van der Waals surface area contributed by atoms with Gasteiger partial charge in [0, 0.05) is 12.1 Å². The van der Waals surface area contributed by atoms with Crippen LogP contribution in [-0.4, -0.2) is 29.9 Å². The van der Waals surface area contributed by atoms with E-state index in [1.54, 1.807) is 18.2 Å². The Kier molecular flexibility index (Phi) is 5.78. The number of benzene rings is 2. The van der Waals surface area contributed by atoms with E-state index in [0.717, 1.165) is 11.1 Å². The number of amides is 1. The van der Waals surface area contributed by atoms with Gasteiger partial charge < -0.3 is 14.8 Å². The molecule has 0 fully saturated rings. The van der Waals surface area contributed by atoms with E-state index in [2.05, 4.69) is 10.5 Å². The van der Waals surface area contributed by atoms with E-state index in [1.165, 1.54) is 18.8 Å². The molecule has 0 saturated carbocycles. The Balaban J connectivity index is 1.76. The number of ether oxygens (including phenoxy) is 2. The average molecular weight is 383 g/mol. The Morgan fingerprint density at radius 1 is 1.11 bits per heavy atom. The predicted octanol–water partition coefficient (Wildman–Crippen LogP) is 2.15. The highest BCUT2D eigenvalue weighted by Crippen LogP contribution is 2.31. The molecule has 3 rings (SSSR count). The van der Waals surface area contributed by atoms with Crippen molar-refractivity contribution in [2.75, 3.05) is 14.2 Å². The normalized spacial score (nSPS) is 10.5. The lowest BCUT2D eigenvalue weighted by molar-refractivity contribution is -0.121. The maximum Gasteiger partial charge on any atom is 0.442 e. The van der Waals surface area contributed by atoms with Gasteiger partial charge in [0.15, 0.2) is 17.3 Å². The number of hydrogen-bond donors (Lipinski definition) is 1. The van der Waals surface area contributed by atoms with Gasteiger partial charge in [-0.25, -0.2) is 9.36 Å². The molecule has 0 aliphatic rings. The summed E-state index contributed by atoms with van der Waals surface area (Å²) < 4.78 is 16.4. The van der Waals surface area contributed by atoms with Crippen LogP contribution >= 0.6 is 0 Å². The molecule has 1 heterocycles. The average Bonchev–Trinajstić information content (AvgIpc) is 3.07. The summed E-state index contributed by atoms with van der Waals surface area (Å²) in [5, 5.41) is 6.59. The van der Waals surface area contributed by atoms with Crippen molar-refractivity contribution in [2.45, 2.75) is 20.0 Å². The van der Waals surface area contributed by atoms with Crippen LogP contribution in [0.25, 0.3) is 11.4 Å². The van der Waals surface area contributed by atoms with E-state index in [0.29, 0.717) is 23.6 Å².